The first-order valence-corrected chi connectivity index (χ1v) is 7.92. The minimum Gasteiger partial charge on any atom is -0.494 e. The van der Waals surface area contributed by atoms with Crippen LogP contribution in [0.3, 0.4) is 0 Å². The van der Waals surface area contributed by atoms with Gasteiger partial charge in [-0.2, -0.15) is 0 Å². The van der Waals surface area contributed by atoms with E-state index in [1.54, 1.807) is 38.4 Å². The first-order chi connectivity index (χ1) is 11.4. The average Bonchev–Trinajstić information content (AvgIpc) is 2.58. The number of benzene rings is 1. The van der Waals surface area contributed by atoms with Crippen molar-refractivity contribution in [3.63, 3.8) is 0 Å². The normalized spacial score (nSPS) is 9.96. The molecule has 0 saturated heterocycles. The van der Waals surface area contributed by atoms with E-state index in [1.807, 2.05) is 0 Å². The fraction of sp³-hybridized carbons (Fsp3) is 0.471. The highest BCUT2D eigenvalue weighted by molar-refractivity contribution is 5.96. The predicted molar refractivity (Wildman–Crippen MR) is 90.9 cm³/mol. The van der Waals surface area contributed by atoms with Crippen LogP contribution in [-0.4, -0.2) is 56.4 Å². The zero-order valence-electron chi connectivity index (χ0n) is 14.4. The molecule has 0 fully saturated rings. The van der Waals surface area contributed by atoms with E-state index in [0.29, 0.717) is 17.9 Å². The standard InChI is InChI=1S/C17H25N3O4/c1-4-5-10-24-14-8-6-13(7-9-14)17(23)19-11-15(21)18-12-16(22)20(2)3/h6-9H,4-5,10-12H2,1-3H3,(H,18,21)(H,19,23). The van der Waals surface area contributed by atoms with Gasteiger partial charge in [0, 0.05) is 19.7 Å². The Bertz CT molecular complexity index is 555. The number of nitrogens with one attached hydrogen (secondary N) is 2. The van der Waals surface area contributed by atoms with Crippen molar-refractivity contribution >= 4 is 17.7 Å². The summed E-state index contributed by atoms with van der Waals surface area (Å²) in [5.74, 6) is -0.282. The van der Waals surface area contributed by atoms with Crippen molar-refractivity contribution in [2.75, 3.05) is 33.8 Å². The van der Waals surface area contributed by atoms with Gasteiger partial charge in [0.2, 0.25) is 11.8 Å². The number of ether oxygens (including phenoxy) is 1. The molecule has 0 aromatic heterocycles. The van der Waals surface area contributed by atoms with Crippen molar-refractivity contribution in [2.45, 2.75) is 19.8 Å². The summed E-state index contributed by atoms with van der Waals surface area (Å²) >= 11 is 0. The van der Waals surface area contributed by atoms with Crippen molar-refractivity contribution in [1.29, 1.82) is 0 Å². The lowest BCUT2D eigenvalue weighted by Crippen LogP contribution is -2.41. The van der Waals surface area contributed by atoms with Crippen LogP contribution in [0.1, 0.15) is 30.1 Å². The molecule has 7 nitrogen and oxygen atoms in total. The molecular formula is C17H25N3O4. The van der Waals surface area contributed by atoms with Gasteiger partial charge < -0.3 is 20.3 Å². The molecule has 0 saturated carbocycles. The molecule has 0 aliphatic heterocycles. The first-order valence-electron chi connectivity index (χ1n) is 7.92. The zero-order chi connectivity index (χ0) is 17.9. The van der Waals surface area contributed by atoms with Crippen molar-refractivity contribution in [3.8, 4) is 5.75 Å². The summed E-state index contributed by atoms with van der Waals surface area (Å²) in [5, 5.41) is 4.95. The van der Waals surface area contributed by atoms with Crippen LogP contribution in [0.5, 0.6) is 5.75 Å². The van der Waals surface area contributed by atoms with E-state index in [-0.39, 0.29) is 24.9 Å². The number of carbonyl (C=O) groups is 3. The highest BCUT2D eigenvalue weighted by Gasteiger charge is 2.10. The summed E-state index contributed by atoms with van der Waals surface area (Å²) in [6.07, 6.45) is 2.04. The topological polar surface area (TPSA) is 87.7 Å². The van der Waals surface area contributed by atoms with Gasteiger partial charge in [-0.05, 0) is 30.7 Å². The lowest BCUT2D eigenvalue weighted by Gasteiger charge is -2.11. The first kappa shape index (κ1) is 19.5. The van der Waals surface area contributed by atoms with Crippen LogP contribution in [-0.2, 0) is 9.59 Å². The molecule has 0 aliphatic carbocycles. The van der Waals surface area contributed by atoms with Gasteiger partial charge in [0.05, 0.1) is 19.7 Å². The minimum atomic E-state index is -0.418. The molecule has 1 aromatic carbocycles. The summed E-state index contributed by atoms with van der Waals surface area (Å²) in [6, 6.07) is 6.73. The summed E-state index contributed by atoms with van der Waals surface area (Å²) in [5.41, 5.74) is 0.440. The van der Waals surface area contributed by atoms with Crippen LogP contribution in [0.2, 0.25) is 0 Å². The number of carbonyl (C=O) groups excluding carboxylic acids is 3. The third-order valence-corrected chi connectivity index (χ3v) is 3.23. The summed E-state index contributed by atoms with van der Waals surface area (Å²) in [6.45, 7) is 2.46. The smallest absolute Gasteiger partial charge is 0.251 e. The summed E-state index contributed by atoms with van der Waals surface area (Å²) in [7, 11) is 3.21. The second-order valence-electron chi connectivity index (χ2n) is 5.47. The second-order valence-corrected chi connectivity index (χ2v) is 5.47. The Balaban J connectivity index is 2.36. The van der Waals surface area contributed by atoms with Gasteiger partial charge in [-0.15, -0.1) is 0 Å². The maximum atomic E-state index is 12.0. The second kappa shape index (κ2) is 10.3. The Labute approximate surface area is 142 Å². The molecule has 24 heavy (non-hydrogen) atoms. The number of nitrogens with zero attached hydrogens (tertiary/aromatic N) is 1. The van der Waals surface area contributed by atoms with E-state index in [9.17, 15) is 14.4 Å². The molecule has 0 radical (unpaired) electrons. The molecule has 0 unspecified atom stereocenters. The lowest BCUT2D eigenvalue weighted by molar-refractivity contribution is -0.130. The van der Waals surface area contributed by atoms with Crippen LogP contribution in [0.4, 0.5) is 0 Å². The molecule has 7 heteroatoms. The highest BCUT2D eigenvalue weighted by atomic mass is 16.5. The predicted octanol–water partition coefficient (Wildman–Crippen LogP) is 0.800. The van der Waals surface area contributed by atoms with E-state index < -0.39 is 5.91 Å². The van der Waals surface area contributed by atoms with E-state index in [4.69, 9.17) is 4.74 Å². The number of likely N-dealkylation sites (N-methyl/N-ethyl adjacent to an activating group) is 1. The van der Waals surface area contributed by atoms with Gasteiger partial charge in [-0.3, -0.25) is 14.4 Å². The lowest BCUT2D eigenvalue weighted by atomic mass is 10.2. The molecule has 0 atom stereocenters. The molecular weight excluding hydrogens is 310 g/mol. The van der Waals surface area contributed by atoms with Crippen LogP contribution >= 0.6 is 0 Å². The van der Waals surface area contributed by atoms with E-state index in [2.05, 4.69) is 17.6 Å². The van der Waals surface area contributed by atoms with Crippen LogP contribution in [0.25, 0.3) is 0 Å². The minimum absolute atomic E-state index is 0.0918. The molecule has 0 heterocycles. The third-order valence-electron chi connectivity index (χ3n) is 3.23. The van der Waals surface area contributed by atoms with Gasteiger partial charge in [0.25, 0.3) is 5.91 Å². The number of rotatable bonds is 9. The van der Waals surface area contributed by atoms with Crippen LogP contribution in [0.15, 0.2) is 24.3 Å². The summed E-state index contributed by atoms with van der Waals surface area (Å²) < 4.78 is 5.52. The van der Waals surface area contributed by atoms with Crippen molar-refractivity contribution in [2.24, 2.45) is 0 Å². The van der Waals surface area contributed by atoms with Crippen molar-refractivity contribution < 1.29 is 19.1 Å². The molecule has 2 N–H and O–H groups in total. The fourth-order valence-electron chi connectivity index (χ4n) is 1.69. The molecule has 132 valence electrons. The number of unbranched alkanes of at least 4 members (excludes halogenated alkanes) is 1. The molecule has 0 aliphatic rings. The molecule has 0 bridgehead atoms. The highest BCUT2D eigenvalue weighted by Crippen LogP contribution is 2.12. The number of amides is 3. The van der Waals surface area contributed by atoms with Gasteiger partial charge in [-0.1, -0.05) is 13.3 Å². The third kappa shape index (κ3) is 7.13. The number of hydrogen-bond donors (Lipinski definition) is 2. The molecule has 1 aromatic rings. The van der Waals surface area contributed by atoms with Crippen molar-refractivity contribution in [1.82, 2.24) is 15.5 Å². The van der Waals surface area contributed by atoms with E-state index in [0.717, 1.165) is 12.8 Å². The Kier molecular flexibility index (Phi) is 8.32. The Hall–Kier alpha value is -2.57. The molecule has 3 amide bonds. The van der Waals surface area contributed by atoms with E-state index >= 15 is 0 Å². The zero-order valence-corrected chi connectivity index (χ0v) is 14.4. The van der Waals surface area contributed by atoms with Gasteiger partial charge >= 0.3 is 0 Å². The number of hydrogen-bond acceptors (Lipinski definition) is 4. The average molecular weight is 335 g/mol. The van der Waals surface area contributed by atoms with Gasteiger partial charge in [0.1, 0.15) is 5.75 Å². The Morgan fingerprint density at radius 2 is 1.71 bits per heavy atom. The maximum absolute atomic E-state index is 12.0. The Morgan fingerprint density at radius 3 is 2.29 bits per heavy atom. The Morgan fingerprint density at radius 1 is 1.04 bits per heavy atom. The fourth-order valence-corrected chi connectivity index (χ4v) is 1.69. The SMILES string of the molecule is CCCCOc1ccc(C(=O)NCC(=O)NCC(=O)N(C)C)cc1. The molecule has 1 rings (SSSR count). The van der Waals surface area contributed by atoms with Crippen molar-refractivity contribution in [3.05, 3.63) is 29.8 Å². The van der Waals surface area contributed by atoms with Crippen LogP contribution in [0, 0.1) is 0 Å². The quantitative estimate of drug-likeness (QED) is 0.654. The maximum Gasteiger partial charge on any atom is 0.251 e. The van der Waals surface area contributed by atoms with Gasteiger partial charge in [-0.25, -0.2) is 0 Å². The monoisotopic (exact) mass is 335 g/mol. The van der Waals surface area contributed by atoms with Gasteiger partial charge in [0.15, 0.2) is 0 Å². The molecule has 0 spiro atoms. The largest absolute Gasteiger partial charge is 0.494 e. The van der Waals surface area contributed by atoms with Crippen LogP contribution < -0.4 is 15.4 Å². The summed E-state index contributed by atoms with van der Waals surface area (Å²) in [4.78, 5) is 36.3. The van der Waals surface area contributed by atoms with E-state index in [1.165, 1.54) is 4.90 Å².